The third kappa shape index (κ3) is 4.15. The molecule has 1 heterocycles. The van der Waals surface area contributed by atoms with Gasteiger partial charge in [0.1, 0.15) is 11.5 Å². The second-order valence-electron chi connectivity index (χ2n) is 6.69. The van der Waals surface area contributed by atoms with Crippen LogP contribution in [0.3, 0.4) is 0 Å². The summed E-state index contributed by atoms with van der Waals surface area (Å²) in [5, 5.41) is 0.781. The molecule has 32 heavy (non-hydrogen) atoms. The van der Waals surface area contributed by atoms with Crippen molar-refractivity contribution in [3.63, 3.8) is 0 Å². The quantitative estimate of drug-likeness (QED) is 0.264. The highest BCUT2D eigenvalue weighted by atomic mass is 35.5. The highest BCUT2D eigenvalue weighted by Gasteiger charge is 2.28. The molecule has 0 saturated heterocycles. The third-order valence-corrected chi connectivity index (χ3v) is 5.41. The number of halogens is 2. The Morgan fingerprint density at radius 3 is 2.34 bits per heavy atom. The molecule has 3 aromatic carbocycles. The lowest BCUT2D eigenvalue weighted by atomic mass is 10.1. The molecule has 1 aliphatic heterocycles. The molecular weight excluding hydrogens is 455 g/mol. The Morgan fingerprint density at radius 2 is 1.66 bits per heavy atom. The first kappa shape index (κ1) is 21.7. The minimum atomic E-state index is -0.603. The van der Waals surface area contributed by atoms with Crippen molar-refractivity contribution in [1.29, 1.82) is 0 Å². The first-order chi connectivity index (χ1) is 15.4. The van der Waals surface area contributed by atoms with Gasteiger partial charge in [-0.2, -0.15) is 0 Å². The Balaban J connectivity index is 1.57. The number of fused-ring (bicyclic) bond motifs is 1. The molecule has 8 heteroatoms. The highest BCUT2D eigenvalue weighted by molar-refractivity contribution is 6.37. The van der Waals surface area contributed by atoms with Gasteiger partial charge in [-0.3, -0.25) is 4.79 Å². The van der Waals surface area contributed by atoms with Crippen LogP contribution in [0.15, 0.2) is 60.4 Å². The topological polar surface area (TPSA) is 71.1 Å². The van der Waals surface area contributed by atoms with E-state index in [9.17, 15) is 9.59 Å². The molecule has 0 fully saturated rings. The molecule has 0 amide bonds. The minimum Gasteiger partial charge on any atom is -0.493 e. The van der Waals surface area contributed by atoms with Crippen LogP contribution in [0.1, 0.15) is 26.3 Å². The molecule has 0 aliphatic carbocycles. The maximum Gasteiger partial charge on any atom is 0.343 e. The maximum absolute atomic E-state index is 12.7. The highest BCUT2D eigenvalue weighted by Crippen LogP contribution is 2.37. The summed E-state index contributed by atoms with van der Waals surface area (Å²) < 4.78 is 21.5. The normalized spacial score (nSPS) is 13.5. The first-order valence-electron chi connectivity index (χ1n) is 9.37. The van der Waals surface area contributed by atoms with Crippen molar-refractivity contribution in [1.82, 2.24) is 0 Å². The van der Waals surface area contributed by atoms with E-state index >= 15 is 0 Å². The van der Waals surface area contributed by atoms with Crippen LogP contribution >= 0.6 is 23.2 Å². The molecule has 0 bridgehead atoms. The molecule has 0 radical (unpaired) electrons. The van der Waals surface area contributed by atoms with Crippen molar-refractivity contribution >= 4 is 41.0 Å². The number of ketones is 1. The SMILES string of the molecule is COc1ccc(C(=O)Oc2ccc3c(c2)OC(=Cc2c(Cl)cccc2Cl)C3=O)cc1OC. The summed E-state index contributed by atoms with van der Waals surface area (Å²) in [6.07, 6.45) is 1.49. The lowest BCUT2D eigenvalue weighted by Crippen LogP contribution is -2.09. The standard InChI is InChI=1S/C24H16Cl2O6/c1-29-19-9-6-13(10-21(19)30-2)24(28)31-14-7-8-15-20(11-14)32-22(23(15)27)12-16-17(25)4-3-5-18(16)26/h3-12H,1-2H3. The van der Waals surface area contributed by atoms with Gasteiger partial charge in [0.15, 0.2) is 17.3 Å². The summed E-state index contributed by atoms with van der Waals surface area (Å²) in [5.41, 5.74) is 1.09. The number of carbonyl (C=O) groups is 2. The zero-order valence-corrected chi connectivity index (χ0v) is 18.5. The number of benzene rings is 3. The lowest BCUT2D eigenvalue weighted by Gasteiger charge is -2.10. The van der Waals surface area contributed by atoms with Gasteiger partial charge in [-0.1, -0.05) is 29.3 Å². The number of allylic oxidation sites excluding steroid dienone is 1. The number of rotatable bonds is 5. The zero-order chi connectivity index (χ0) is 22.8. The smallest absolute Gasteiger partial charge is 0.343 e. The fourth-order valence-corrected chi connectivity index (χ4v) is 3.65. The van der Waals surface area contributed by atoms with Crippen LogP contribution in [0.4, 0.5) is 0 Å². The van der Waals surface area contributed by atoms with Crippen molar-refractivity contribution in [3.05, 3.63) is 87.1 Å². The first-order valence-corrected chi connectivity index (χ1v) is 10.1. The number of esters is 1. The number of carbonyl (C=O) groups excluding carboxylic acids is 2. The molecule has 4 rings (SSSR count). The van der Waals surface area contributed by atoms with Gasteiger partial charge in [0.25, 0.3) is 0 Å². The number of hydrogen-bond donors (Lipinski definition) is 0. The van der Waals surface area contributed by atoms with Gasteiger partial charge in [-0.25, -0.2) is 4.79 Å². The number of hydrogen-bond acceptors (Lipinski definition) is 6. The molecule has 0 atom stereocenters. The minimum absolute atomic E-state index is 0.0679. The second kappa shape index (κ2) is 8.94. The van der Waals surface area contributed by atoms with Crippen molar-refractivity contribution in [2.24, 2.45) is 0 Å². The number of methoxy groups -OCH3 is 2. The Bertz CT molecular complexity index is 1250. The predicted molar refractivity (Wildman–Crippen MR) is 120 cm³/mol. The summed E-state index contributed by atoms with van der Waals surface area (Å²) in [6, 6.07) is 14.2. The van der Waals surface area contributed by atoms with Crippen LogP contribution in [0, 0.1) is 0 Å². The van der Waals surface area contributed by atoms with E-state index in [0.29, 0.717) is 32.7 Å². The Labute approximate surface area is 193 Å². The largest absolute Gasteiger partial charge is 0.493 e. The van der Waals surface area contributed by atoms with Crippen molar-refractivity contribution in [3.8, 4) is 23.0 Å². The van der Waals surface area contributed by atoms with Crippen LogP contribution in [0.25, 0.3) is 6.08 Å². The van der Waals surface area contributed by atoms with Gasteiger partial charge in [0.05, 0.1) is 25.3 Å². The van der Waals surface area contributed by atoms with Crippen LogP contribution in [-0.4, -0.2) is 26.0 Å². The monoisotopic (exact) mass is 470 g/mol. The molecular formula is C24H16Cl2O6. The summed E-state index contributed by atoms with van der Waals surface area (Å²) >= 11 is 12.4. The van der Waals surface area contributed by atoms with Crippen molar-refractivity contribution in [2.45, 2.75) is 0 Å². The maximum atomic E-state index is 12.7. The van der Waals surface area contributed by atoms with Gasteiger partial charge < -0.3 is 18.9 Å². The second-order valence-corrected chi connectivity index (χ2v) is 7.51. The molecule has 0 spiro atoms. The molecule has 0 aromatic heterocycles. The van der Waals surface area contributed by atoms with E-state index in [1.807, 2.05) is 0 Å². The molecule has 0 N–H and O–H groups in total. The van der Waals surface area contributed by atoms with E-state index in [-0.39, 0.29) is 28.6 Å². The summed E-state index contributed by atoms with van der Waals surface area (Å²) in [6.45, 7) is 0. The Hall–Kier alpha value is -3.48. The Kier molecular flexibility index (Phi) is 6.08. The molecule has 0 saturated carbocycles. The summed E-state index contributed by atoms with van der Waals surface area (Å²) in [5.74, 6) is 0.514. The van der Waals surface area contributed by atoms with Crippen LogP contribution in [-0.2, 0) is 0 Å². The van der Waals surface area contributed by atoms with Crippen molar-refractivity contribution < 1.29 is 28.5 Å². The van der Waals surface area contributed by atoms with E-state index < -0.39 is 5.97 Å². The summed E-state index contributed by atoms with van der Waals surface area (Å²) in [7, 11) is 2.98. The zero-order valence-electron chi connectivity index (χ0n) is 17.0. The molecule has 6 nitrogen and oxygen atoms in total. The van der Waals surface area contributed by atoms with Gasteiger partial charge in [0.2, 0.25) is 5.78 Å². The number of Topliss-reactive ketones (excluding diaryl/α,β-unsaturated/α-hetero) is 1. The van der Waals surface area contributed by atoms with Crippen LogP contribution < -0.4 is 18.9 Å². The average molecular weight is 471 g/mol. The lowest BCUT2D eigenvalue weighted by molar-refractivity contribution is 0.0734. The van der Waals surface area contributed by atoms with E-state index in [2.05, 4.69) is 0 Å². The van der Waals surface area contributed by atoms with Gasteiger partial charge in [-0.15, -0.1) is 0 Å². The van der Waals surface area contributed by atoms with Gasteiger partial charge in [0, 0.05) is 21.7 Å². The fraction of sp³-hybridized carbons (Fsp3) is 0.0833. The molecule has 162 valence electrons. The van der Waals surface area contributed by atoms with E-state index in [1.54, 1.807) is 30.3 Å². The van der Waals surface area contributed by atoms with E-state index in [1.165, 1.54) is 44.6 Å². The van der Waals surface area contributed by atoms with E-state index in [4.69, 9.17) is 42.1 Å². The molecule has 1 aliphatic rings. The van der Waals surface area contributed by atoms with Crippen LogP contribution in [0.5, 0.6) is 23.0 Å². The van der Waals surface area contributed by atoms with Crippen LogP contribution in [0.2, 0.25) is 10.0 Å². The average Bonchev–Trinajstić information content (AvgIpc) is 3.10. The molecule has 0 unspecified atom stereocenters. The third-order valence-electron chi connectivity index (χ3n) is 4.75. The summed E-state index contributed by atoms with van der Waals surface area (Å²) in [4.78, 5) is 25.3. The van der Waals surface area contributed by atoms with Gasteiger partial charge >= 0.3 is 5.97 Å². The van der Waals surface area contributed by atoms with E-state index in [0.717, 1.165) is 0 Å². The van der Waals surface area contributed by atoms with Crippen molar-refractivity contribution in [2.75, 3.05) is 14.2 Å². The Morgan fingerprint density at radius 1 is 0.938 bits per heavy atom. The fourth-order valence-electron chi connectivity index (χ4n) is 3.14. The van der Waals surface area contributed by atoms with Gasteiger partial charge in [-0.05, 0) is 48.5 Å². The predicted octanol–water partition coefficient (Wildman–Crippen LogP) is 5.85. The molecule has 3 aromatic rings. The number of ether oxygens (including phenoxy) is 4.